The summed E-state index contributed by atoms with van der Waals surface area (Å²) in [6, 6.07) is 6.39. The van der Waals surface area contributed by atoms with Gasteiger partial charge < -0.3 is 22.8 Å². The zero-order valence-corrected chi connectivity index (χ0v) is 12.1. The minimum atomic E-state index is -4.94. The number of halogens is 3. The van der Waals surface area contributed by atoms with E-state index in [-0.39, 0.29) is 63.7 Å². The molecule has 0 radical (unpaired) electrons. The quantitative estimate of drug-likeness (QED) is 0.686. The molecule has 0 atom stereocenters. The van der Waals surface area contributed by atoms with Crippen molar-refractivity contribution in [1.82, 2.24) is 0 Å². The van der Waals surface area contributed by atoms with Gasteiger partial charge in [-0.25, -0.2) is 0 Å². The molecule has 1 aromatic rings. The van der Waals surface area contributed by atoms with Gasteiger partial charge in [-0.3, -0.25) is 0 Å². The summed E-state index contributed by atoms with van der Waals surface area (Å²) >= 11 is 0. The van der Waals surface area contributed by atoms with Crippen molar-refractivity contribution in [3.63, 3.8) is 0 Å². The van der Waals surface area contributed by atoms with Gasteiger partial charge in [-0.1, -0.05) is 18.2 Å². The van der Waals surface area contributed by atoms with Gasteiger partial charge in [-0.2, -0.15) is 0 Å². The number of hydrogen-bond donors (Lipinski definition) is 1. The van der Waals surface area contributed by atoms with Gasteiger partial charge in [0.15, 0.2) is 0 Å². The van der Waals surface area contributed by atoms with Crippen molar-refractivity contribution in [3.05, 3.63) is 29.8 Å². The van der Waals surface area contributed by atoms with E-state index in [1.54, 1.807) is 18.2 Å². The van der Waals surface area contributed by atoms with E-state index in [4.69, 9.17) is 5.11 Å². The molecule has 1 N–H and O–H groups in total. The summed E-state index contributed by atoms with van der Waals surface area (Å²) < 4.78 is 40.5. The maximum atomic E-state index is 11.9. The molecule has 0 aliphatic rings. The van der Waals surface area contributed by atoms with Gasteiger partial charge in [0.25, 0.3) is 0 Å². The van der Waals surface area contributed by atoms with Crippen LogP contribution in [0, 0.1) is 0 Å². The molecule has 0 aliphatic heterocycles. The fourth-order valence-corrected chi connectivity index (χ4v) is 1.16. The molecule has 0 aromatic heterocycles. The molecule has 0 spiro atoms. The molecule has 0 heterocycles. The van der Waals surface area contributed by atoms with Crippen LogP contribution in [0.4, 0.5) is 12.9 Å². The van der Waals surface area contributed by atoms with Crippen molar-refractivity contribution in [2.24, 2.45) is 0 Å². The predicted octanol–water partition coefficient (Wildman–Crippen LogP) is -1.01. The summed E-state index contributed by atoms with van der Waals surface area (Å²) in [7, 11) is 0. The average molecular weight is 258 g/mol. The Morgan fingerprint density at radius 2 is 1.81 bits per heavy atom. The summed E-state index contributed by atoms with van der Waals surface area (Å²) in [5.41, 5.74) is 0.583. The Labute approximate surface area is 135 Å². The first-order valence-corrected chi connectivity index (χ1v) is 4.55. The van der Waals surface area contributed by atoms with Crippen molar-refractivity contribution in [3.8, 4) is 5.75 Å². The molecule has 0 aliphatic carbocycles. The van der Waals surface area contributed by atoms with Gasteiger partial charge in [0.1, 0.15) is 5.75 Å². The normalized spacial score (nSPS) is 10.8. The van der Waals surface area contributed by atoms with E-state index in [9.17, 15) is 12.9 Å². The van der Waals surface area contributed by atoms with Gasteiger partial charge in [0.05, 0.1) is 6.51 Å². The zero-order valence-electron chi connectivity index (χ0n) is 9.00. The van der Waals surface area contributed by atoms with E-state index in [1.807, 2.05) is 0 Å². The average Bonchev–Trinajstić information content (AvgIpc) is 2.16. The first-order chi connectivity index (χ1) is 7.03. The van der Waals surface area contributed by atoms with Crippen LogP contribution in [0.5, 0.6) is 5.75 Å². The second kappa shape index (κ2) is 7.73. The number of ether oxygens (including phenoxy) is 1. The molecule has 0 saturated heterocycles. The third-order valence-electron chi connectivity index (χ3n) is 1.78. The van der Waals surface area contributed by atoms with Gasteiger partial charge >= 0.3 is 58.4 Å². The number of benzene rings is 1. The SMILES string of the molecule is OCCc1ccccc1OC[B-](F)(F)F.[K+]. The van der Waals surface area contributed by atoms with Crippen LogP contribution in [0.1, 0.15) is 5.56 Å². The van der Waals surface area contributed by atoms with Crippen LogP contribution in [0.3, 0.4) is 0 Å². The van der Waals surface area contributed by atoms with Crippen molar-refractivity contribution in [2.45, 2.75) is 6.42 Å². The molecule has 0 amide bonds. The van der Waals surface area contributed by atoms with E-state index in [0.29, 0.717) is 12.0 Å². The molecule has 7 heteroatoms. The molecular weight excluding hydrogens is 247 g/mol. The molecule has 0 unspecified atom stereocenters. The van der Waals surface area contributed by atoms with Crippen molar-refractivity contribution < 1.29 is 74.2 Å². The zero-order chi connectivity index (χ0) is 11.3. The van der Waals surface area contributed by atoms with Gasteiger partial charge in [0.2, 0.25) is 0 Å². The molecule has 1 aromatic carbocycles. The number of para-hydroxylation sites is 1. The third kappa shape index (κ3) is 6.27. The first kappa shape index (κ1) is 16.5. The Bertz CT molecular complexity index is 320. The van der Waals surface area contributed by atoms with E-state index in [2.05, 4.69) is 4.74 Å². The molecule has 0 saturated carbocycles. The molecule has 16 heavy (non-hydrogen) atoms. The Balaban J connectivity index is 0.00000225. The third-order valence-corrected chi connectivity index (χ3v) is 1.78. The largest absolute Gasteiger partial charge is 1.00 e. The summed E-state index contributed by atoms with van der Waals surface area (Å²) in [5.74, 6) is 0.186. The summed E-state index contributed by atoms with van der Waals surface area (Å²) in [4.78, 5) is 0. The van der Waals surface area contributed by atoms with E-state index >= 15 is 0 Å². The Morgan fingerprint density at radius 3 is 2.38 bits per heavy atom. The van der Waals surface area contributed by atoms with Crippen LogP contribution >= 0.6 is 0 Å². The Hall–Kier alpha value is 0.471. The van der Waals surface area contributed by atoms with Crippen LogP contribution in [0.2, 0.25) is 0 Å². The number of rotatable bonds is 5. The predicted molar refractivity (Wildman–Crippen MR) is 51.8 cm³/mol. The van der Waals surface area contributed by atoms with E-state index < -0.39 is 13.5 Å². The van der Waals surface area contributed by atoms with Gasteiger partial charge in [-0.05, 0) is 18.1 Å². The number of aliphatic hydroxyl groups is 1. The van der Waals surface area contributed by atoms with Crippen LogP contribution in [0.15, 0.2) is 24.3 Å². The smallest absolute Gasteiger partial charge is 0.521 e. The Kier molecular flexibility index (Phi) is 7.96. The molecular formula is C9H11BF3KO2. The molecule has 0 fully saturated rings. The summed E-state index contributed by atoms with van der Waals surface area (Å²) in [6.07, 6.45) is 0.293. The summed E-state index contributed by atoms with van der Waals surface area (Å²) in [6.45, 7) is -6.30. The molecule has 1 rings (SSSR count). The molecule has 84 valence electrons. The maximum absolute atomic E-state index is 11.9. The number of hydrogen-bond acceptors (Lipinski definition) is 2. The van der Waals surface area contributed by atoms with Crippen LogP contribution < -0.4 is 56.1 Å². The van der Waals surface area contributed by atoms with Crippen LogP contribution in [0.25, 0.3) is 0 Å². The minimum Gasteiger partial charge on any atom is -0.521 e. The monoisotopic (exact) mass is 258 g/mol. The summed E-state index contributed by atoms with van der Waals surface area (Å²) in [5, 5.41) is 8.70. The molecule has 0 bridgehead atoms. The fourth-order valence-electron chi connectivity index (χ4n) is 1.16. The van der Waals surface area contributed by atoms with Crippen molar-refractivity contribution in [2.75, 3.05) is 13.1 Å². The van der Waals surface area contributed by atoms with Crippen LogP contribution in [-0.4, -0.2) is 25.2 Å². The molecule has 2 nitrogen and oxygen atoms in total. The van der Waals surface area contributed by atoms with E-state index in [1.165, 1.54) is 6.07 Å². The second-order valence-corrected chi connectivity index (χ2v) is 3.10. The van der Waals surface area contributed by atoms with Crippen molar-refractivity contribution >= 4 is 6.98 Å². The maximum Gasteiger partial charge on any atom is 1.00 e. The first-order valence-electron chi connectivity index (χ1n) is 4.55. The minimum absolute atomic E-state index is 0. The second-order valence-electron chi connectivity index (χ2n) is 3.10. The van der Waals surface area contributed by atoms with Gasteiger partial charge in [-0.15, -0.1) is 0 Å². The van der Waals surface area contributed by atoms with Crippen LogP contribution in [-0.2, 0) is 6.42 Å². The van der Waals surface area contributed by atoms with Crippen molar-refractivity contribution in [1.29, 1.82) is 0 Å². The standard InChI is InChI=1S/C9H11BF3O2.K/c11-10(12,13)7-15-9-4-2-1-3-8(9)5-6-14;/h1-4,14H,5-7H2;/q-1;+1. The van der Waals surface area contributed by atoms with E-state index in [0.717, 1.165) is 0 Å². The fraction of sp³-hybridized carbons (Fsp3) is 0.333. The number of aliphatic hydroxyl groups excluding tert-OH is 1. The Morgan fingerprint density at radius 1 is 1.19 bits per heavy atom. The van der Waals surface area contributed by atoms with Gasteiger partial charge in [0, 0.05) is 6.61 Å². The topological polar surface area (TPSA) is 29.5 Å².